The Kier molecular flexibility index (Phi) is 4.12. The summed E-state index contributed by atoms with van der Waals surface area (Å²) in [5.41, 5.74) is 2.15. The number of nitro groups is 1. The van der Waals surface area contributed by atoms with Crippen molar-refractivity contribution in [1.29, 1.82) is 0 Å². The number of fused-ring (bicyclic) bond motifs is 1. The number of halogens is 1. The van der Waals surface area contributed by atoms with Gasteiger partial charge in [-0.25, -0.2) is 9.97 Å². The zero-order valence-electron chi connectivity index (χ0n) is 12.4. The van der Waals surface area contributed by atoms with Crippen LogP contribution in [0.15, 0.2) is 36.8 Å². The molecule has 0 radical (unpaired) electrons. The third-order valence-electron chi connectivity index (χ3n) is 3.56. The Bertz CT molecular complexity index is 860. The van der Waals surface area contributed by atoms with Crippen LogP contribution >= 0.6 is 11.6 Å². The molecule has 0 bridgehead atoms. The van der Waals surface area contributed by atoms with Crippen molar-refractivity contribution in [2.45, 2.75) is 6.42 Å². The van der Waals surface area contributed by atoms with Crippen molar-refractivity contribution in [2.24, 2.45) is 7.05 Å². The Hall–Kier alpha value is -2.67. The summed E-state index contributed by atoms with van der Waals surface area (Å²) in [6, 6.07) is 5.82. The van der Waals surface area contributed by atoms with Crippen LogP contribution in [0.1, 0.15) is 5.56 Å². The van der Waals surface area contributed by atoms with Crippen LogP contribution in [-0.2, 0) is 13.5 Å². The summed E-state index contributed by atoms with van der Waals surface area (Å²) in [5, 5.41) is 15.5. The van der Waals surface area contributed by atoms with Gasteiger partial charge in [0.2, 0.25) is 5.95 Å². The third kappa shape index (κ3) is 3.24. The summed E-state index contributed by atoms with van der Waals surface area (Å²) >= 11 is 6.03. The molecule has 0 amide bonds. The van der Waals surface area contributed by atoms with Crippen LogP contribution in [0, 0.1) is 10.1 Å². The lowest BCUT2D eigenvalue weighted by atomic mass is 10.1. The van der Waals surface area contributed by atoms with Gasteiger partial charge in [0.05, 0.1) is 4.92 Å². The summed E-state index contributed by atoms with van der Waals surface area (Å²) in [6.45, 7) is 0.625. The van der Waals surface area contributed by atoms with Gasteiger partial charge in [-0.15, -0.1) is 0 Å². The molecule has 1 N–H and O–H groups in total. The number of benzene rings is 1. The van der Waals surface area contributed by atoms with Crippen LogP contribution in [0.5, 0.6) is 0 Å². The van der Waals surface area contributed by atoms with Crippen LogP contribution in [-0.4, -0.2) is 26.0 Å². The smallest absolute Gasteiger partial charge is 0.305 e. The molecule has 0 aliphatic rings. The summed E-state index contributed by atoms with van der Waals surface area (Å²) in [4.78, 5) is 17.9. The second-order valence-corrected chi connectivity index (χ2v) is 5.56. The number of nitrogens with zero attached hydrogens (tertiary/aromatic N) is 4. The van der Waals surface area contributed by atoms with E-state index in [0.717, 1.165) is 17.3 Å². The van der Waals surface area contributed by atoms with Crippen molar-refractivity contribution in [3.05, 3.63) is 57.5 Å². The molecule has 0 aliphatic heterocycles. The molecule has 0 saturated heterocycles. The van der Waals surface area contributed by atoms with E-state index in [1.54, 1.807) is 0 Å². The first-order chi connectivity index (χ1) is 11.0. The third-order valence-corrected chi connectivity index (χ3v) is 3.80. The summed E-state index contributed by atoms with van der Waals surface area (Å²) in [7, 11) is 1.98. The van der Waals surface area contributed by atoms with Gasteiger partial charge in [0, 0.05) is 35.7 Å². The highest BCUT2D eigenvalue weighted by Gasteiger charge is 2.08. The van der Waals surface area contributed by atoms with Gasteiger partial charge in [-0.05, 0) is 24.1 Å². The van der Waals surface area contributed by atoms with Gasteiger partial charge < -0.3 is 9.88 Å². The average Bonchev–Trinajstić information content (AvgIpc) is 2.84. The quantitative estimate of drug-likeness (QED) is 0.573. The van der Waals surface area contributed by atoms with E-state index in [9.17, 15) is 10.1 Å². The van der Waals surface area contributed by atoms with Gasteiger partial charge in [-0.3, -0.25) is 10.1 Å². The lowest BCUT2D eigenvalue weighted by molar-refractivity contribution is -0.385. The Balaban J connectivity index is 1.68. The van der Waals surface area contributed by atoms with Crippen LogP contribution < -0.4 is 5.32 Å². The molecule has 23 heavy (non-hydrogen) atoms. The first-order valence-electron chi connectivity index (χ1n) is 6.98. The van der Waals surface area contributed by atoms with Gasteiger partial charge in [0.25, 0.3) is 0 Å². The van der Waals surface area contributed by atoms with Crippen LogP contribution in [0.25, 0.3) is 10.9 Å². The molecule has 0 spiro atoms. The van der Waals surface area contributed by atoms with E-state index in [4.69, 9.17) is 11.6 Å². The number of hydrogen-bond acceptors (Lipinski definition) is 5. The fraction of sp³-hybridized carbons (Fsp3) is 0.200. The Morgan fingerprint density at radius 1 is 1.35 bits per heavy atom. The van der Waals surface area contributed by atoms with E-state index in [0.29, 0.717) is 17.5 Å². The molecule has 0 aliphatic carbocycles. The van der Waals surface area contributed by atoms with Gasteiger partial charge in [-0.2, -0.15) is 0 Å². The molecular weight excluding hydrogens is 318 g/mol. The first-order valence-corrected chi connectivity index (χ1v) is 7.36. The molecule has 3 rings (SSSR count). The topological polar surface area (TPSA) is 85.9 Å². The van der Waals surface area contributed by atoms with E-state index >= 15 is 0 Å². The van der Waals surface area contributed by atoms with E-state index in [1.807, 2.05) is 29.8 Å². The molecule has 3 aromatic rings. The predicted molar refractivity (Wildman–Crippen MR) is 88.8 cm³/mol. The van der Waals surface area contributed by atoms with Crippen molar-refractivity contribution in [3.8, 4) is 0 Å². The molecule has 7 nitrogen and oxygen atoms in total. The van der Waals surface area contributed by atoms with E-state index in [-0.39, 0.29) is 5.69 Å². The lowest BCUT2D eigenvalue weighted by Crippen LogP contribution is -2.07. The van der Waals surface area contributed by atoms with Crippen molar-refractivity contribution in [2.75, 3.05) is 11.9 Å². The zero-order valence-corrected chi connectivity index (χ0v) is 13.1. The second-order valence-electron chi connectivity index (χ2n) is 5.13. The SMILES string of the molecule is Cn1cc(CCNc2ncc([N+](=O)[O-])cn2)c2ccc(Cl)cc21. The van der Waals surface area contributed by atoms with Crippen molar-refractivity contribution >= 4 is 34.1 Å². The van der Waals surface area contributed by atoms with Crippen molar-refractivity contribution in [3.63, 3.8) is 0 Å². The van der Waals surface area contributed by atoms with Gasteiger partial charge in [0.15, 0.2) is 0 Å². The Morgan fingerprint density at radius 3 is 2.78 bits per heavy atom. The molecule has 2 aromatic heterocycles. The van der Waals surface area contributed by atoms with Crippen LogP contribution in [0.4, 0.5) is 11.6 Å². The molecule has 1 aromatic carbocycles. The van der Waals surface area contributed by atoms with Crippen LogP contribution in [0.2, 0.25) is 5.02 Å². The summed E-state index contributed by atoms with van der Waals surface area (Å²) < 4.78 is 2.04. The van der Waals surface area contributed by atoms with Crippen LogP contribution in [0.3, 0.4) is 0 Å². The molecule has 2 heterocycles. The molecule has 8 heteroatoms. The van der Waals surface area contributed by atoms with E-state index in [1.165, 1.54) is 18.0 Å². The van der Waals surface area contributed by atoms with Gasteiger partial charge >= 0.3 is 5.69 Å². The minimum Gasteiger partial charge on any atom is -0.354 e. The normalized spacial score (nSPS) is 10.9. The summed E-state index contributed by atoms with van der Waals surface area (Å²) in [5.74, 6) is 0.374. The Labute approximate surface area is 137 Å². The average molecular weight is 332 g/mol. The second kappa shape index (κ2) is 6.21. The molecular formula is C15H14ClN5O2. The van der Waals surface area contributed by atoms with Crippen molar-refractivity contribution < 1.29 is 4.92 Å². The minimum absolute atomic E-state index is 0.124. The van der Waals surface area contributed by atoms with Crippen molar-refractivity contribution in [1.82, 2.24) is 14.5 Å². The summed E-state index contributed by atoms with van der Waals surface area (Å²) in [6.07, 6.45) is 5.23. The molecule has 118 valence electrons. The standard InChI is InChI=1S/C15H14ClN5O2/c1-20-9-10(13-3-2-11(16)6-14(13)20)4-5-17-15-18-7-12(8-19-15)21(22)23/h2-3,6-9H,4-5H2,1H3,(H,17,18,19). The maximum Gasteiger partial charge on any atom is 0.305 e. The first kappa shape index (κ1) is 15.2. The van der Waals surface area contributed by atoms with E-state index in [2.05, 4.69) is 21.5 Å². The molecule has 0 atom stereocenters. The number of nitrogens with one attached hydrogen (secondary N) is 1. The highest BCUT2D eigenvalue weighted by Crippen LogP contribution is 2.24. The number of aromatic nitrogens is 3. The predicted octanol–water partition coefficient (Wildman–Crippen LogP) is 3.18. The lowest BCUT2D eigenvalue weighted by Gasteiger charge is -2.03. The highest BCUT2D eigenvalue weighted by atomic mass is 35.5. The molecule has 0 unspecified atom stereocenters. The monoisotopic (exact) mass is 331 g/mol. The number of aryl methyl sites for hydroxylation is 1. The highest BCUT2D eigenvalue weighted by molar-refractivity contribution is 6.31. The maximum atomic E-state index is 10.6. The molecule has 0 fully saturated rings. The van der Waals surface area contributed by atoms with Gasteiger partial charge in [0.1, 0.15) is 12.4 Å². The molecule has 0 saturated carbocycles. The maximum absolute atomic E-state index is 10.6. The largest absolute Gasteiger partial charge is 0.354 e. The number of anilines is 1. The fourth-order valence-electron chi connectivity index (χ4n) is 2.46. The van der Waals surface area contributed by atoms with Gasteiger partial charge in [-0.1, -0.05) is 17.7 Å². The minimum atomic E-state index is -0.523. The number of rotatable bonds is 5. The fourth-order valence-corrected chi connectivity index (χ4v) is 2.62. The van der Waals surface area contributed by atoms with E-state index < -0.39 is 4.92 Å². The Morgan fingerprint density at radius 2 is 2.09 bits per heavy atom. The zero-order chi connectivity index (χ0) is 16.4. The number of hydrogen-bond donors (Lipinski definition) is 1.